The number of rotatable bonds is 3. The van der Waals surface area contributed by atoms with Crippen LogP contribution in [0.25, 0.3) is 10.6 Å². The lowest BCUT2D eigenvalue weighted by Gasteiger charge is -2.35. The van der Waals surface area contributed by atoms with Gasteiger partial charge in [0.25, 0.3) is 0 Å². The van der Waals surface area contributed by atoms with Gasteiger partial charge in [0.1, 0.15) is 11.6 Å². The zero-order valence-corrected chi connectivity index (χ0v) is 15.3. The number of aryl methyl sites for hydroxylation is 1. The van der Waals surface area contributed by atoms with Crippen LogP contribution in [-0.4, -0.2) is 59.2 Å². The van der Waals surface area contributed by atoms with Gasteiger partial charge in [0.15, 0.2) is 0 Å². The first-order valence-corrected chi connectivity index (χ1v) is 9.46. The van der Waals surface area contributed by atoms with Crippen molar-refractivity contribution in [3.63, 3.8) is 0 Å². The van der Waals surface area contributed by atoms with Gasteiger partial charge in [-0.25, -0.2) is 14.6 Å². The van der Waals surface area contributed by atoms with E-state index in [9.17, 15) is 9.59 Å². The molecular formula is C18H20N4O3S. The van der Waals surface area contributed by atoms with Crippen molar-refractivity contribution in [2.75, 3.05) is 26.2 Å². The molecule has 2 fully saturated rings. The fourth-order valence-electron chi connectivity index (χ4n) is 3.25. The monoisotopic (exact) mass is 372 g/mol. The summed E-state index contributed by atoms with van der Waals surface area (Å²) in [6.07, 6.45) is -0.277. The third-order valence-corrected chi connectivity index (χ3v) is 5.58. The van der Waals surface area contributed by atoms with Crippen LogP contribution < -0.4 is 5.32 Å². The zero-order valence-electron chi connectivity index (χ0n) is 14.5. The van der Waals surface area contributed by atoms with Gasteiger partial charge in [0.05, 0.1) is 18.3 Å². The molecule has 4 rings (SSSR count). The molecule has 1 aromatic heterocycles. The molecule has 1 aromatic carbocycles. The number of urea groups is 1. The second kappa shape index (κ2) is 6.95. The summed E-state index contributed by atoms with van der Waals surface area (Å²) in [5, 5.41) is 5.85. The number of piperazine rings is 1. The van der Waals surface area contributed by atoms with Gasteiger partial charge < -0.3 is 15.0 Å². The summed E-state index contributed by atoms with van der Waals surface area (Å²) < 4.78 is 5.03. The number of nitrogens with one attached hydrogen (secondary N) is 1. The van der Waals surface area contributed by atoms with E-state index in [2.05, 4.69) is 29.4 Å². The molecule has 2 aliphatic heterocycles. The molecule has 1 atom stereocenters. The van der Waals surface area contributed by atoms with Crippen LogP contribution >= 0.6 is 11.3 Å². The van der Waals surface area contributed by atoms with Gasteiger partial charge in [-0.15, -0.1) is 11.3 Å². The number of aromatic nitrogens is 1. The van der Waals surface area contributed by atoms with Crippen molar-refractivity contribution in [3.8, 4) is 10.6 Å². The Balaban J connectivity index is 1.33. The van der Waals surface area contributed by atoms with Crippen molar-refractivity contribution >= 4 is 23.5 Å². The Bertz CT molecular complexity index is 837. The van der Waals surface area contributed by atoms with Crippen LogP contribution in [0.5, 0.6) is 0 Å². The summed E-state index contributed by atoms with van der Waals surface area (Å²) >= 11 is 1.57. The van der Waals surface area contributed by atoms with Crippen molar-refractivity contribution in [1.82, 2.24) is 20.1 Å². The third kappa shape index (κ3) is 3.37. The smallest absolute Gasteiger partial charge is 0.410 e. The van der Waals surface area contributed by atoms with E-state index in [0.29, 0.717) is 32.8 Å². The number of carbonyl (C=O) groups excluding carboxylic acids is 2. The van der Waals surface area contributed by atoms with E-state index < -0.39 is 0 Å². The maximum atomic E-state index is 12.4. The number of amides is 3. The summed E-state index contributed by atoms with van der Waals surface area (Å²) in [6.45, 7) is 4.34. The van der Waals surface area contributed by atoms with Crippen LogP contribution in [0.4, 0.5) is 9.59 Å². The molecule has 0 radical (unpaired) electrons. The number of fused-ring (bicyclic) bond motifs is 1. The predicted molar refractivity (Wildman–Crippen MR) is 97.9 cm³/mol. The number of thiazole rings is 1. The van der Waals surface area contributed by atoms with E-state index in [1.54, 1.807) is 21.1 Å². The maximum absolute atomic E-state index is 12.4. The summed E-state index contributed by atoms with van der Waals surface area (Å²) in [6, 6.07) is 8.05. The minimum absolute atomic E-state index is 0.0332. The Morgan fingerprint density at radius 2 is 2.31 bits per heavy atom. The number of carbonyl (C=O) groups is 2. The van der Waals surface area contributed by atoms with Gasteiger partial charge in [-0.3, -0.25) is 4.90 Å². The van der Waals surface area contributed by atoms with Crippen LogP contribution in [0.2, 0.25) is 0 Å². The fourth-order valence-corrected chi connectivity index (χ4v) is 4.07. The first kappa shape index (κ1) is 16.8. The number of cyclic esters (lactones) is 1. The number of nitrogens with zero attached hydrogens (tertiary/aromatic N) is 3. The molecule has 0 unspecified atom stereocenters. The lowest BCUT2D eigenvalue weighted by Crippen LogP contribution is -2.55. The molecular weight excluding hydrogens is 352 g/mol. The molecule has 0 aliphatic carbocycles. The van der Waals surface area contributed by atoms with E-state index in [1.807, 2.05) is 17.5 Å². The molecule has 1 N–H and O–H groups in total. The highest BCUT2D eigenvalue weighted by Gasteiger charge is 2.38. The summed E-state index contributed by atoms with van der Waals surface area (Å²) in [5.41, 5.74) is 3.13. The van der Waals surface area contributed by atoms with Crippen molar-refractivity contribution < 1.29 is 14.3 Å². The Kier molecular flexibility index (Phi) is 4.50. The van der Waals surface area contributed by atoms with Crippen molar-refractivity contribution in [1.29, 1.82) is 0 Å². The summed E-state index contributed by atoms with van der Waals surface area (Å²) in [5.74, 6) is 0. The van der Waals surface area contributed by atoms with Crippen LogP contribution in [0.15, 0.2) is 29.6 Å². The molecule has 3 amide bonds. The van der Waals surface area contributed by atoms with Crippen LogP contribution in [0, 0.1) is 6.92 Å². The molecule has 136 valence electrons. The Morgan fingerprint density at radius 1 is 1.42 bits per heavy atom. The van der Waals surface area contributed by atoms with Gasteiger partial charge in [0.2, 0.25) is 0 Å². The standard InChI is InChI=1S/C18H20N4O3S/c1-12-3-2-4-13(7-12)16-20-14(11-26-16)8-19-17(23)21-5-6-22-15(9-21)10-25-18(22)24/h2-4,7,11,15H,5-6,8-10H2,1H3,(H,19,23)/t15-/m0/s1. The highest BCUT2D eigenvalue weighted by Crippen LogP contribution is 2.24. The van der Waals surface area contributed by atoms with Crippen molar-refractivity contribution in [2.45, 2.75) is 19.5 Å². The van der Waals surface area contributed by atoms with E-state index in [-0.39, 0.29) is 18.2 Å². The van der Waals surface area contributed by atoms with Crippen molar-refractivity contribution in [2.24, 2.45) is 0 Å². The van der Waals surface area contributed by atoms with E-state index in [0.717, 1.165) is 16.3 Å². The molecule has 8 heteroatoms. The van der Waals surface area contributed by atoms with Gasteiger partial charge in [-0.05, 0) is 13.0 Å². The second-order valence-corrected chi connectivity index (χ2v) is 7.40. The highest BCUT2D eigenvalue weighted by molar-refractivity contribution is 7.13. The van der Waals surface area contributed by atoms with Crippen LogP contribution in [0.1, 0.15) is 11.3 Å². The lowest BCUT2D eigenvalue weighted by atomic mass is 10.1. The maximum Gasteiger partial charge on any atom is 0.410 e. The second-order valence-electron chi connectivity index (χ2n) is 6.54. The number of benzene rings is 1. The van der Waals surface area contributed by atoms with Crippen LogP contribution in [-0.2, 0) is 11.3 Å². The first-order chi connectivity index (χ1) is 12.6. The average molecular weight is 372 g/mol. The summed E-state index contributed by atoms with van der Waals surface area (Å²) in [7, 11) is 0. The van der Waals surface area contributed by atoms with Gasteiger partial charge in [0, 0.05) is 30.6 Å². The lowest BCUT2D eigenvalue weighted by molar-refractivity contribution is 0.127. The Labute approximate surface area is 155 Å². The van der Waals surface area contributed by atoms with Crippen molar-refractivity contribution in [3.05, 3.63) is 40.9 Å². The van der Waals surface area contributed by atoms with E-state index in [1.165, 1.54) is 5.56 Å². The largest absolute Gasteiger partial charge is 0.447 e. The van der Waals surface area contributed by atoms with Gasteiger partial charge in [-0.1, -0.05) is 23.8 Å². The zero-order chi connectivity index (χ0) is 18.1. The molecule has 2 aliphatic rings. The highest BCUT2D eigenvalue weighted by atomic mass is 32.1. The fraction of sp³-hybridized carbons (Fsp3) is 0.389. The average Bonchev–Trinajstić information content (AvgIpc) is 3.26. The van der Waals surface area contributed by atoms with E-state index in [4.69, 9.17) is 4.74 Å². The number of hydrogen-bond donors (Lipinski definition) is 1. The molecule has 3 heterocycles. The quantitative estimate of drug-likeness (QED) is 0.898. The van der Waals surface area contributed by atoms with Gasteiger partial charge >= 0.3 is 12.1 Å². The van der Waals surface area contributed by atoms with Crippen LogP contribution in [0.3, 0.4) is 0 Å². The molecule has 2 aromatic rings. The minimum Gasteiger partial charge on any atom is -0.447 e. The Morgan fingerprint density at radius 3 is 3.15 bits per heavy atom. The van der Waals surface area contributed by atoms with E-state index >= 15 is 0 Å². The Hall–Kier alpha value is -2.61. The van der Waals surface area contributed by atoms with Gasteiger partial charge in [-0.2, -0.15) is 0 Å². The predicted octanol–water partition coefficient (Wildman–Crippen LogP) is 2.46. The normalized spacial score (nSPS) is 19.3. The minimum atomic E-state index is -0.277. The topological polar surface area (TPSA) is 74.8 Å². The molecule has 0 bridgehead atoms. The molecule has 26 heavy (non-hydrogen) atoms. The SMILES string of the molecule is Cc1cccc(-c2nc(CNC(=O)N3CCN4C(=O)OC[C@@H]4C3)cs2)c1. The molecule has 2 saturated heterocycles. The molecule has 0 spiro atoms. The third-order valence-electron chi connectivity index (χ3n) is 4.64. The molecule has 0 saturated carbocycles. The first-order valence-electron chi connectivity index (χ1n) is 8.58. The summed E-state index contributed by atoms with van der Waals surface area (Å²) in [4.78, 5) is 32.0. The molecule has 7 nitrogen and oxygen atoms in total. The number of ether oxygens (including phenoxy) is 1. The number of hydrogen-bond acceptors (Lipinski definition) is 5.